The van der Waals surface area contributed by atoms with E-state index in [0.29, 0.717) is 31.9 Å². The first-order valence-corrected chi connectivity index (χ1v) is 8.70. The van der Waals surface area contributed by atoms with Gasteiger partial charge in [-0.15, -0.1) is 0 Å². The van der Waals surface area contributed by atoms with Crippen molar-refractivity contribution >= 4 is 5.91 Å². The second kappa shape index (κ2) is 7.59. The first-order chi connectivity index (χ1) is 11.6. The number of ether oxygens (including phenoxy) is 2. The van der Waals surface area contributed by atoms with Crippen molar-refractivity contribution in [2.75, 3.05) is 32.9 Å². The molecule has 1 aromatic heterocycles. The van der Waals surface area contributed by atoms with Crippen LogP contribution in [0.25, 0.3) is 0 Å². The smallest absolute Gasteiger partial charge is 0.253 e. The molecule has 1 atom stereocenters. The van der Waals surface area contributed by atoms with Gasteiger partial charge in [0.05, 0.1) is 24.9 Å². The van der Waals surface area contributed by atoms with Gasteiger partial charge in [0, 0.05) is 43.6 Å². The van der Waals surface area contributed by atoms with Gasteiger partial charge in [0.15, 0.2) is 0 Å². The molecule has 132 valence electrons. The van der Waals surface area contributed by atoms with Crippen LogP contribution >= 0.6 is 0 Å². The maximum absolute atomic E-state index is 12.6. The van der Waals surface area contributed by atoms with Gasteiger partial charge in [0.25, 0.3) is 5.91 Å². The van der Waals surface area contributed by atoms with Crippen molar-refractivity contribution in [3.8, 4) is 0 Å². The first-order valence-electron chi connectivity index (χ1n) is 8.70. The zero-order valence-corrected chi connectivity index (χ0v) is 14.2. The van der Waals surface area contributed by atoms with E-state index in [2.05, 4.69) is 4.98 Å². The Labute approximate surface area is 142 Å². The van der Waals surface area contributed by atoms with Crippen LogP contribution in [-0.4, -0.2) is 65.5 Å². The molecule has 3 heterocycles. The van der Waals surface area contributed by atoms with Crippen molar-refractivity contribution in [1.82, 2.24) is 9.88 Å². The largest absolute Gasteiger partial charge is 0.394 e. The predicted molar refractivity (Wildman–Crippen MR) is 88.9 cm³/mol. The number of hydrogen-bond donors (Lipinski definition) is 1. The summed E-state index contributed by atoms with van der Waals surface area (Å²) in [6.07, 6.45) is 5.23. The van der Waals surface area contributed by atoms with Crippen LogP contribution in [0, 0.1) is 6.92 Å². The normalized spacial score (nSPS) is 23.4. The Hall–Kier alpha value is -1.50. The van der Waals surface area contributed by atoms with Gasteiger partial charge >= 0.3 is 0 Å². The molecule has 1 spiro atoms. The number of carbonyl (C=O) groups is 1. The number of nitrogens with zero attached hydrogens (tertiary/aromatic N) is 2. The topological polar surface area (TPSA) is 71.9 Å². The lowest BCUT2D eigenvalue weighted by molar-refractivity contribution is -0.154. The molecule has 0 aliphatic carbocycles. The second-order valence-corrected chi connectivity index (χ2v) is 6.72. The number of likely N-dealkylation sites (tertiary alicyclic amines) is 1. The van der Waals surface area contributed by atoms with Gasteiger partial charge in [0.2, 0.25) is 0 Å². The lowest BCUT2D eigenvalue weighted by Gasteiger charge is -2.46. The molecule has 0 radical (unpaired) electrons. The number of aryl methyl sites for hydroxylation is 1. The van der Waals surface area contributed by atoms with Gasteiger partial charge in [-0.1, -0.05) is 0 Å². The zero-order chi connectivity index (χ0) is 17.0. The Balaban J connectivity index is 1.58. The summed E-state index contributed by atoms with van der Waals surface area (Å²) in [5.41, 5.74) is 1.38. The highest BCUT2D eigenvalue weighted by molar-refractivity contribution is 5.94. The van der Waals surface area contributed by atoms with Gasteiger partial charge in [0.1, 0.15) is 0 Å². The van der Waals surface area contributed by atoms with Crippen molar-refractivity contribution in [3.05, 3.63) is 29.6 Å². The third-order valence-corrected chi connectivity index (χ3v) is 5.00. The minimum Gasteiger partial charge on any atom is -0.394 e. The summed E-state index contributed by atoms with van der Waals surface area (Å²) in [5, 5.41) is 8.92. The van der Waals surface area contributed by atoms with E-state index in [1.807, 2.05) is 17.9 Å². The van der Waals surface area contributed by atoms with Gasteiger partial charge in [-0.25, -0.2) is 0 Å². The van der Waals surface area contributed by atoms with Crippen LogP contribution in [-0.2, 0) is 9.47 Å². The molecule has 2 aliphatic heterocycles. The fraction of sp³-hybridized carbons (Fsp3) is 0.667. The van der Waals surface area contributed by atoms with Crippen LogP contribution in [0.2, 0.25) is 0 Å². The number of piperidine rings is 1. The number of pyridine rings is 1. The first kappa shape index (κ1) is 17.3. The summed E-state index contributed by atoms with van der Waals surface area (Å²) in [6, 6.07) is 3.61. The highest BCUT2D eigenvalue weighted by Gasteiger charge is 2.41. The van der Waals surface area contributed by atoms with Crippen molar-refractivity contribution < 1.29 is 19.4 Å². The average Bonchev–Trinajstić information content (AvgIpc) is 2.60. The van der Waals surface area contributed by atoms with Crippen LogP contribution in [0.15, 0.2) is 18.3 Å². The number of carbonyl (C=O) groups excluding carboxylic acids is 1. The molecule has 1 N–H and O–H groups in total. The Kier molecular flexibility index (Phi) is 5.48. The molecule has 24 heavy (non-hydrogen) atoms. The molecule has 1 unspecified atom stereocenters. The molecule has 3 rings (SSSR count). The quantitative estimate of drug-likeness (QED) is 0.904. The standard InChI is InChI=1S/C18H26N2O4/c1-14-12-15(2-6-19-14)17(22)20-7-4-18(5-8-20)13-16(3-10-24-18)23-11-9-21/h2,6,12,16,21H,3-5,7-11,13H2,1H3. The molecule has 0 saturated carbocycles. The summed E-state index contributed by atoms with van der Waals surface area (Å²) >= 11 is 0. The average molecular weight is 334 g/mol. The Morgan fingerprint density at radius 1 is 1.50 bits per heavy atom. The summed E-state index contributed by atoms with van der Waals surface area (Å²) < 4.78 is 11.8. The number of aromatic nitrogens is 1. The minimum atomic E-state index is -0.177. The maximum atomic E-state index is 12.6. The molecular formula is C18H26N2O4. The van der Waals surface area contributed by atoms with E-state index in [0.717, 1.165) is 31.4 Å². The van der Waals surface area contributed by atoms with Gasteiger partial charge in [-0.3, -0.25) is 9.78 Å². The van der Waals surface area contributed by atoms with Gasteiger partial charge < -0.3 is 19.5 Å². The van der Waals surface area contributed by atoms with E-state index in [1.165, 1.54) is 0 Å². The summed E-state index contributed by atoms with van der Waals surface area (Å²) in [5.74, 6) is 0.0687. The number of aliphatic hydroxyl groups excluding tert-OH is 1. The van der Waals surface area contributed by atoms with E-state index < -0.39 is 0 Å². The van der Waals surface area contributed by atoms with Crippen molar-refractivity contribution in [2.45, 2.75) is 44.3 Å². The van der Waals surface area contributed by atoms with Crippen LogP contribution in [0.1, 0.15) is 41.7 Å². The van der Waals surface area contributed by atoms with Crippen LogP contribution < -0.4 is 0 Å². The Morgan fingerprint density at radius 2 is 2.29 bits per heavy atom. The molecule has 6 nitrogen and oxygen atoms in total. The molecule has 2 aliphatic rings. The second-order valence-electron chi connectivity index (χ2n) is 6.72. The zero-order valence-electron chi connectivity index (χ0n) is 14.2. The highest BCUT2D eigenvalue weighted by Crippen LogP contribution is 2.36. The molecule has 1 amide bonds. The lowest BCUT2D eigenvalue weighted by Crippen LogP contribution is -2.52. The number of aliphatic hydroxyl groups is 1. The number of rotatable bonds is 4. The minimum absolute atomic E-state index is 0.0536. The SMILES string of the molecule is Cc1cc(C(=O)N2CCC3(CC2)CC(OCCO)CCO3)ccn1. The van der Waals surface area contributed by atoms with Crippen LogP contribution in [0.5, 0.6) is 0 Å². The molecular weight excluding hydrogens is 308 g/mol. The summed E-state index contributed by atoms with van der Waals surface area (Å²) in [4.78, 5) is 18.7. The third kappa shape index (κ3) is 3.94. The summed E-state index contributed by atoms with van der Waals surface area (Å²) in [7, 11) is 0. The molecule has 1 aromatic rings. The van der Waals surface area contributed by atoms with E-state index in [9.17, 15) is 4.79 Å². The molecule has 2 saturated heterocycles. The van der Waals surface area contributed by atoms with E-state index in [-0.39, 0.29) is 24.2 Å². The monoisotopic (exact) mass is 334 g/mol. The summed E-state index contributed by atoms with van der Waals surface area (Å²) in [6.45, 7) is 4.42. The fourth-order valence-corrected chi connectivity index (χ4v) is 3.67. The van der Waals surface area contributed by atoms with Gasteiger partial charge in [-0.2, -0.15) is 0 Å². The number of amides is 1. The van der Waals surface area contributed by atoms with Crippen molar-refractivity contribution in [3.63, 3.8) is 0 Å². The molecule has 6 heteroatoms. The Morgan fingerprint density at radius 3 is 3.00 bits per heavy atom. The van der Waals surface area contributed by atoms with E-state index in [4.69, 9.17) is 14.6 Å². The lowest BCUT2D eigenvalue weighted by atomic mass is 9.83. The van der Waals surface area contributed by atoms with Gasteiger partial charge in [-0.05, 0) is 38.3 Å². The Bertz CT molecular complexity index is 570. The van der Waals surface area contributed by atoms with E-state index in [1.54, 1.807) is 12.3 Å². The number of hydrogen-bond acceptors (Lipinski definition) is 5. The highest BCUT2D eigenvalue weighted by atomic mass is 16.5. The molecule has 0 aromatic carbocycles. The predicted octanol–water partition coefficient (Wildman–Crippen LogP) is 1.55. The van der Waals surface area contributed by atoms with Crippen molar-refractivity contribution in [1.29, 1.82) is 0 Å². The molecule has 2 fully saturated rings. The van der Waals surface area contributed by atoms with E-state index >= 15 is 0 Å². The van der Waals surface area contributed by atoms with Crippen LogP contribution in [0.4, 0.5) is 0 Å². The van der Waals surface area contributed by atoms with Crippen molar-refractivity contribution in [2.24, 2.45) is 0 Å². The van der Waals surface area contributed by atoms with Crippen LogP contribution in [0.3, 0.4) is 0 Å². The fourth-order valence-electron chi connectivity index (χ4n) is 3.67. The molecule has 0 bridgehead atoms. The maximum Gasteiger partial charge on any atom is 0.253 e. The third-order valence-electron chi connectivity index (χ3n) is 5.00.